The van der Waals surface area contributed by atoms with Crippen LogP contribution in [-0.4, -0.2) is 39.6 Å². The Hall–Kier alpha value is -2.36. The Kier molecular flexibility index (Phi) is 7.68. The second-order valence-electron chi connectivity index (χ2n) is 6.13. The molecule has 29 heavy (non-hydrogen) atoms. The van der Waals surface area contributed by atoms with E-state index in [0.717, 1.165) is 28.6 Å². The van der Waals surface area contributed by atoms with Gasteiger partial charge >= 0.3 is 0 Å². The van der Waals surface area contributed by atoms with E-state index in [9.17, 15) is 4.39 Å². The lowest BCUT2D eigenvalue weighted by atomic mass is 10.2. The fourth-order valence-electron chi connectivity index (χ4n) is 2.54. The van der Waals surface area contributed by atoms with Crippen molar-refractivity contribution in [2.24, 2.45) is 7.05 Å². The second-order valence-corrected chi connectivity index (χ2v) is 7.60. The first kappa shape index (κ1) is 21.4. The van der Waals surface area contributed by atoms with Crippen molar-refractivity contribution >= 4 is 23.4 Å². The molecule has 3 rings (SSSR count). The lowest BCUT2D eigenvalue weighted by Gasteiger charge is -2.14. The summed E-state index contributed by atoms with van der Waals surface area (Å²) in [5.41, 5.74) is 1.82. The van der Waals surface area contributed by atoms with E-state index in [-0.39, 0.29) is 12.4 Å². The first-order valence-electron chi connectivity index (χ1n) is 8.86. The summed E-state index contributed by atoms with van der Waals surface area (Å²) in [6, 6.07) is 9.86. The number of nitrogens with one attached hydrogen (secondary N) is 1. The van der Waals surface area contributed by atoms with Gasteiger partial charge in [-0.15, -0.1) is 5.10 Å². The van der Waals surface area contributed by atoms with Gasteiger partial charge in [-0.3, -0.25) is 0 Å². The fraction of sp³-hybridized carbons (Fsp3) is 0.316. The van der Waals surface area contributed by atoms with Gasteiger partial charge in [0, 0.05) is 25.9 Å². The highest BCUT2D eigenvalue weighted by Gasteiger charge is 2.12. The largest absolute Gasteiger partial charge is 0.493 e. The minimum atomic E-state index is -0.284. The molecule has 0 aliphatic carbocycles. The number of hydrogen-bond acceptors (Lipinski definition) is 7. The van der Waals surface area contributed by atoms with Gasteiger partial charge in [0.25, 0.3) is 0 Å². The predicted molar refractivity (Wildman–Crippen MR) is 110 cm³/mol. The van der Waals surface area contributed by atoms with Crippen molar-refractivity contribution in [3.63, 3.8) is 0 Å². The smallest absolute Gasteiger partial charge is 0.209 e. The molecule has 1 N–H and O–H groups in total. The van der Waals surface area contributed by atoms with E-state index in [0.29, 0.717) is 23.1 Å². The topological polar surface area (TPSA) is 74.1 Å². The van der Waals surface area contributed by atoms with Gasteiger partial charge in [0.15, 0.2) is 11.5 Å². The summed E-state index contributed by atoms with van der Waals surface area (Å²) in [7, 11) is 3.38. The third-order valence-electron chi connectivity index (χ3n) is 4.01. The zero-order valence-electron chi connectivity index (χ0n) is 16.1. The van der Waals surface area contributed by atoms with E-state index in [1.165, 1.54) is 12.1 Å². The van der Waals surface area contributed by atoms with Gasteiger partial charge in [-0.2, -0.15) is 0 Å². The Bertz CT molecular complexity index is 939. The number of aryl methyl sites for hydroxylation is 1. The predicted octanol–water partition coefficient (Wildman–Crippen LogP) is 3.47. The summed E-state index contributed by atoms with van der Waals surface area (Å²) in [5.74, 6) is 1.56. The number of tetrazole rings is 1. The summed E-state index contributed by atoms with van der Waals surface area (Å²) < 4.78 is 25.9. The third-order valence-corrected chi connectivity index (χ3v) is 5.30. The highest BCUT2D eigenvalue weighted by Crippen LogP contribution is 2.37. The Morgan fingerprint density at radius 3 is 2.69 bits per heavy atom. The summed E-state index contributed by atoms with van der Waals surface area (Å²) in [6.45, 7) is 1.67. The van der Waals surface area contributed by atoms with Crippen LogP contribution in [0.15, 0.2) is 41.6 Å². The summed E-state index contributed by atoms with van der Waals surface area (Å²) in [5, 5.41) is 15.9. The van der Waals surface area contributed by atoms with Crippen LogP contribution in [0, 0.1) is 5.82 Å². The number of hydrogen-bond donors (Lipinski definition) is 1. The number of benzene rings is 2. The number of aromatic nitrogens is 4. The second kappa shape index (κ2) is 10.4. The number of methoxy groups -OCH3 is 1. The fourth-order valence-corrected chi connectivity index (χ4v) is 3.58. The van der Waals surface area contributed by atoms with Crippen LogP contribution in [0.1, 0.15) is 11.1 Å². The molecule has 0 aliphatic rings. The van der Waals surface area contributed by atoms with Crippen molar-refractivity contribution in [3.8, 4) is 11.5 Å². The molecule has 0 bridgehead atoms. The maximum Gasteiger partial charge on any atom is 0.209 e. The van der Waals surface area contributed by atoms with Gasteiger partial charge in [-0.05, 0) is 45.8 Å². The van der Waals surface area contributed by atoms with Gasteiger partial charge in [-0.1, -0.05) is 35.5 Å². The van der Waals surface area contributed by atoms with Crippen LogP contribution in [0.4, 0.5) is 4.39 Å². The number of halogens is 2. The highest BCUT2D eigenvalue weighted by atomic mass is 35.5. The van der Waals surface area contributed by atoms with Gasteiger partial charge in [0.1, 0.15) is 12.4 Å². The maximum atomic E-state index is 13.0. The molecule has 0 spiro atoms. The summed E-state index contributed by atoms with van der Waals surface area (Å²) >= 11 is 7.99. The molecule has 0 aliphatic heterocycles. The van der Waals surface area contributed by atoms with E-state index in [4.69, 9.17) is 21.1 Å². The molecule has 0 saturated carbocycles. The molecule has 0 amide bonds. The quantitative estimate of drug-likeness (QED) is 0.384. The minimum absolute atomic E-state index is 0.266. The standard InChI is InChI=1S/C19H21ClFN5O2S/c1-26-19(23-24-25-26)29-8-7-22-11-14-9-16(20)18(17(10-14)27-2)28-12-13-3-5-15(21)6-4-13/h3-6,9-10,22H,7-8,11-12H2,1-2H3. The third kappa shape index (κ3) is 6.06. The first-order valence-corrected chi connectivity index (χ1v) is 10.2. The van der Waals surface area contributed by atoms with E-state index < -0.39 is 0 Å². The van der Waals surface area contributed by atoms with Crippen molar-refractivity contribution in [1.82, 2.24) is 25.5 Å². The van der Waals surface area contributed by atoms with Crippen LogP contribution in [0.25, 0.3) is 0 Å². The van der Waals surface area contributed by atoms with E-state index >= 15 is 0 Å². The van der Waals surface area contributed by atoms with Crippen molar-refractivity contribution in [2.45, 2.75) is 18.3 Å². The van der Waals surface area contributed by atoms with Crippen molar-refractivity contribution in [3.05, 3.63) is 58.4 Å². The summed E-state index contributed by atoms with van der Waals surface area (Å²) in [4.78, 5) is 0. The van der Waals surface area contributed by atoms with Crippen molar-refractivity contribution in [2.75, 3.05) is 19.4 Å². The zero-order valence-corrected chi connectivity index (χ0v) is 17.6. The average molecular weight is 438 g/mol. The van der Waals surface area contributed by atoms with E-state index in [1.54, 1.807) is 35.7 Å². The van der Waals surface area contributed by atoms with Crippen LogP contribution < -0.4 is 14.8 Å². The van der Waals surface area contributed by atoms with Crippen molar-refractivity contribution in [1.29, 1.82) is 0 Å². The molecule has 10 heteroatoms. The Labute approximate surface area is 177 Å². The van der Waals surface area contributed by atoms with Gasteiger partial charge in [0.2, 0.25) is 5.16 Å². The zero-order chi connectivity index (χ0) is 20.6. The maximum absolute atomic E-state index is 13.0. The molecule has 1 aromatic heterocycles. The van der Waals surface area contributed by atoms with E-state index in [1.807, 2.05) is 19.2 Å². The minimum Gasteiger partial charge on any atom is -0.493 e. The lowest BCUT2D eigenvalue weighted by Crippen LogP contribution is -2.17. The first-order chi connectivity index (χ1) is 14.1. The normalized spacial score (nSPS) is 10.9. The molecule has 0 atom stereocenters. The van der Waals surface area contributed by atoms with Gasteiger partial charge in [-0.25, -0.2) is 9.07 Å². The molecule has 154 valence electrons. The number of thioether (sulfide) groups is 1. The van der Waals surface area contributed by atoms with Crippen molar-refractivity contribution < 1.29 is 13.9 Å². The molecule has 0 radical (unpaired) electrons. The molecular formula is C19H21ClFN5O2S. The van der Waals surface area contributed by atoms with Crippen LogP contribution in [0.3, 0.4) is 0 Å². The van der Waals surface area contributed by atoms with Crippen LogP contribution >= 0.6 is 23.4 Å². The number of rotatable bonds is 10. The highest BCUT2D eigenvalue weighted by molar-refractivity contribution is 7.99. The van der Waals surface area contributed by atoms with Crippen LogP contribution in [0.2, 0.25) is 5.02 Å². The number of nitrogens with zero attached hydrogens (tertiary/aromatic N) is 4. The molecule has 0 unspecified atom stereocenters. The molecule has 1 heterocycles. The SMILES string of the molecule is COc1cc(CNCCSc2nnnn2C)cc(Cl)c1OCc1ccc(F)cc1. The summed E-state index contributed by atoms with van der Waals surface area (Å²) in [6.07, 6.45) is 0. The lowest BCUT2D eigenvalue weighted by molar-refractivity contribution is 0.284. The van der Waals surface area contributed by atoms with Gasteiger partial charge in [0.05, 0.1) is 12.1 Å². The molecule has 0 saturated heterocycles. The monoisotopic (exact) mass is 437 g/mol. The molecular weight excluding hydrogens is 417 g/mol. The average Bonchev–Trinajstić information content (AvgIpc) is 3.12. The van der Waals surface area contributed by atoms with Crippen LogP contribution in [-0.2, 0) is 20.2 Å². The Morgan fingerprint density at radius 2 is 2.00 bits per heavy atom. The molecule has 3 aromatic rings. The molecule has 7 nitrogen and oxygen atoms in total. The Morgan fingerprint density at radius 1 is 1.21 bits per heavy atom. The molecule has 0 fully saturated rings. The van der Waals surface area contributed by atoms with Gasteiger partial charge < -0.3 is 14.8 Å². The Balaban J connectivity index is 1.53. The number of ether oxygens (including phenoxy) is 2. The van der Waals surface area contributed by atoms with Crippen LogP contribution in [0.5, 0.6) is 11.5 Å². The molecule has 2 aromatic carbocycles. The van der Waals surface area contributed by atoms with E-state index in [2.05, 4.69) is 20.8 Å².